The molecule has 2 saturated heterocycles. The van der Waals surface area contributed by atoms with E-state index in [1.54, 1.807) is 18.1 Å². The van der Waals surface area contributed by atoms with Gasteiger partial charge in [-0.25, -0.2) is 0 Å². The van der Waals surface area contributed by atoms with Crippen LogP contribution in [0.4, 0.5) is 5.69 Å². The van der Waals surface area contributed by atoms with Crippen LogP contribution in [-0.4, -0.2) is 68.8 Å². The SMILES string of the molecule is C=CCN1C(=O)[C@]2(O[C@H](CC(=O)N3CCC[C@H]3CO)[C@@H]([Si](C)(C)c3ccc(OC)cc3)[C@@H]2C)c2cc(I)ccc21. The van der Waals surface area contributed by atoms with E-state index >= 15 is 0 Å². The predicted octanol–water partition coefficient (Wildman–Crippen LogP) is 4.42. The lowest BCUT2D eigenvalue weighted by atomic mass is 9.82. The Balaban J connectivity index is 1.61. The molecule has 2 amide bonds. The quantitative estimate of drug-likeness (QED) is 0.255. The van der Waals surface area contributed by atoms with Crippen molar-refractivity contribution in [2.45, 2.75) is 62.6 Å². The normalized spacial score (nSPS) is 27.9. The molecular formula is C31H39IN2O5Si. The molecule has 1 N–H and O–H groups in total. The third kappa shape index (κ3) is 4.62. The van der Waals surface area contributed by atoms with Crippen LogP contribution in [0.25, 0.3) is 0 Å². The number of anilines is 1. The fourth-order valence-electron chi connectivity index (χ4n) is 7.44. The second-order valence-electron chi connectivity index (χ2n) is 11.8. The molecule has 1 spiro atoms. The molecule has 0 unspecified atom stereocenters. The van der Waals surface area contributed by atoms with Gasteiger partial charge in [-0.1, -0.05) is 43.4 Å². The first kappa shape index (κ1) is 29.3. The van der Waals surface area contributed by atoms with E-state index in [4.69, 9.17) is 9.47 Å². The van der Waals surface area contributed by atoms with Gasteiger partial charge in [-0.2, -0.15) is 0 Å². The van der Waals surface area contributed by atoms with Gasteiger partial charge in [0.2, 0.25) is 5.91 Å². The van der Waals surface area contributed by atoms with Crippen molar-refractivity contribution in [3.05, 3.63) is 64.3 Å². The van der Waals surface area contributed by atoms with Crippen LogP contribution in [0.5, 0.6) is 5.75 Å². The Morgan fingerprint density at radius 1 is 1.27 bits per heavy atom. The average molecular weight is 675 g/mol. The molecule has 7 nitrogen and oxygen atoms in total. The molecule has 9 heteroatoms. The average Bonchev–Trinajstić information content (AvgIpc) is 3.60. The van der Waals surface area contributed by atoms with Crippen molar-refractivity contribution in [2.75, 3.05) is 31.7 Å². The predicted molar refractivity (Wildman–Crippen MR) is 168 cm³/mol. The van der Waals surface area contributed by atoms with Crippen LogP contribution in [0.3, 0.4) is 0 Å². The van der Waals surface area contributed by atoms with Crippen LogP contribution in [0.15, 0.2) is 55.1 Å². The summed E-state index contributed by atoms with van der Waals surface area (Å²) >= 11 is 2.29. The lowest BCUT2D eigenvalue weighted by molar-refractivity contribution is -0.149. The minimum atomic E-state index is -2.33. The number of fused-ring (bicyclic) bond motifs is 2. The highest BCUT2D eigenvalue weighted by Gasteiger charge is 2.66. The smallest absolute Gasteiger partial charge is 0.264 e. The standard InChI is InChI=1S/C31H39IN2O5Si/c1-6-15-34-26-14-9-21(32)17-25(26)31(30(34)37)20(2)29(40(4,5)24-12-10-23(38-3)11-13-24)27(39-31)18-28(36)33-16-7-8-22(33)19-35/h6,9-14,17,20,22,27,29,35H,1,7-8,15-16,18-19H2,2-5H3/t20-,22-,27+,29-,31+/m0/s1. The van der Waals surface area contributed by atoms with Gasteiger partial charge in [-0.05, 0) is 71.3 Å². The number of aliphatic hydroxyl groups is 1. The van der Waals surface area contributed by atoms with E-state index < -0.39 is 19.8 Å². The van der Waals surface area contributed by atoms with E-state index in [0.717, 1.165) is 33.4 Å². The number of methoxy groups -OCH3 is 1. The number of ether oxygens (including phenoxy) is 2. The van der Waals surface area contributed by atoms with Gasteiger partial charge >= 0.3 is 0 Å². The van der Waals surface area contributed by atoms with E-state index in [-0.39, 0.29) is 42.3 Å². The molecule has 40 heavy (non-hydrogen) atoms. The summed E-state index contributed by atoms with van der Waals surface area (Å²) in [6, 6.07) is 14.2. The molecule has 214 valence electrons. The van der Waals surface area contributed by atoms with Crippen molar-refractivity contribution >= 4 is 53.4 Å². The van der Waals surface area contributed by atoms with Crippen LogP contribution in [-0.2, 0) is 19.9 Å². The number of carbonyl (C=O) groups excluding carboxylic acids is 2. The van der Waals surface area contributed by atoms with Gasteiger partial charge < -0.3 is 24.4 Å². The molecule has 0 saturated carbocycles. The Morgan fingerprint density at radius 2 is 2.00 bits per heavy atom. The maximum atomic E-state index is 14.4. The number of benzene rings is 2. The minimum absolute atomic E-state index is 0.00779. The zero-order valence-electron chi connectivity index (χ0n) is 23.7. The van der Waals surface area contributed by atoms with Gasteiger partial charge in [-0.15, -0.1) is 6.58 Å². The summed E-state index contributed by atoms with van der Waals surface area (Å²) in [5, 5.41) is 11.1. The third-order valence-corrected chi connectivity index (χ3v) is 14.4. The molecule has 2 aromatic rings. The molecule has 3 aliphatic heterocycles. The topological polar surface area (TPSA) is 79.3 Å². The highest BCUT2D eigenvalue weighted by atomic mass is 127. The Labute approximate surface area is 251 Å². The van der Waals surface area contributed by atoms with E-state index in [1.807, 2.05) is 29.2 Å². The molecule has 0 aliphatic carbocycles. The summed E-state index contributed by atoms with van der Waals surface area (Å²) in [4.78, 5) is 31.7. The molecule has 5 atom stereocenters. The third-order valence-electron chi connectivity index (χ3n) is 9.39. The zero-order chi connectivity index (χ0) is 28.8. The second-order valence-corrected chi connectivity index (χ2v) is 17.7. The minimum Gasteiger partial charge on any atom is -0.497 e. The zero-order valence-corrected chi connectivity index (χ0v) is 26.9. The van der Waals surface area contributed by atoms with Crippen LogP contribution >= 0.6 is 22.6 Å². The molecule has 2 aromatic carbocycles. The van der Waals surface area contributed by atoms with Crippen molar-refractivity contribution in [3.8, 4) is 5.75 Å². The van der Waals surface area contributed by atoms with Crippen LogP contribution in [0.1, 0.15) is 31.7 Å². The fraction of sp³-hybridized carbons (Fsp3) is 0.484. The van der Waals surface area contributed by atoms with Crippen molar-refractivity contribution in [1.29, 1.82) is 0 Å². The van der Waals surface area contributed by atoms with Gasteiger partial charge in [0.05, 0.1) is 46.0 Å². The number of halogens is 1. The molecule has 3 aliphatic rings. The number of hydrogen-bond acceptors (Lipinski definition) is 5. The van der Waals surface area contributed by atoms with Crippen LogP contribution in [0.2, 0.25) is 18.6 Å². The number of aliphatic hydroxyl groups excluding tert-OH is 1. The lowest BCUT2D eigenvalue weighted by Gasteiger charge is -2.37. The number of likely N-dealkylation sites (tertiary alicyclic amines) is 1. The molecule has 0 bridgehead atoms. The van der Waals surface area contributed by atoms with Crippen molar-refractivity contribution in [2.24, 2.45) is 5.92 Å². The van der Waals surface area contributed by atoms with E-state index in [1.165, 1.54) is 5.19 Å². The Hall–Kier alpha value is -2.21. The van der Waals surface area contributed by atoms with Crippen LogP contribution < -0.4 is 14.8 Å². The van der Waals surface area contributed by atoms with Crippen molar-refractivity contribution in [1.82, 2.24) is 4.90 Å². The lowest BCUT2D eigenvalue weighted by Crippen LogP contribution is -2.52. The second kappa shape index (κ2) is 11.2. The summed E-state index contributed by atoms with van der Waals surface area (Å²) in [5.74, 6) is 0.545. The number of hydrogen-bond donors (Lipinski definition) is 1. The van der Waals surface area contributed by atoms with Gasteiger partial charge in [0.25, 0.3) is 5.91 Å². The van der Waals surface area contributed by atoms with E-state index in [9.17, 15) is 14.7 Å². The fourth-order valence-corrected chi connectivity index (χ4v) is 11.9. The molecular weight excluding hydrogens is 635 g/mol. The van der Waals surface area contributed by atoms with E-state index in [2.05, 4.69) is 67.4 Å². The first-order valence-electron chi connectivity index (χ1n) is 14.1. The Morgan fingerprint density at radius 3 is 2.65 bits per heavy atom. The first-order chi connectivity index (χ1) is 19.1. The Bertz CT molecular complexity index is 1300. The van der Waals surface area contributed by atoms with Gasteiger partial charge in [-0.3, -0.25) is 9.59 Å². The summed E-state index contributed by atoms with van der Waals surface area (Å²) in [5.41, 5.74) is 0.547. The maximum Gasteiger partial charge on any atom is 0.264 e. The molecule has 5 rings (SSSR count). The van der Waals surface area contributed by atoms with Crippen molar-refractivity contribution < 1.29 is 24.2 Å². The van der Waals surface area contributed by atoms with E-state index in [0.29, 0.717) is 13.1 Å². The number of carbonyl (C=O) groups is 2. The number of amides is 2. The monoisotopic (exact) mass is 674 g/mol. The number of rotatable bonds is 8. The van der Waals surface area contributed by atoms with Gasteiger partial charge in [0.1, 0.15) is 5.75 Å². The maximum absolute atomic E-state index is 14.4. The Kier molecular flexibility index (Phi) is 8.22. The number of nitrogens with zero attached hydrogens (tertiary/aromatic N) is 2. The molecule has 0 aromatic heterocycles. The summed E-state index contributed by atoms with van der Waals surface area (Å²) in [6.45, 7) is 11.7. The summed E-state index contributed by atoms with van der Waals surface area (Å²) < 4.78 is 13.5. The molecule has 2 fully saturated rings. The summed E-state index contributed by atoms with van der Waals surface area (Å²) in [7, 11) is -0.672. The summed E-state index contributed by atoms with van der Waals surface area (Å²) in [6.07, 6.45) is 3.19. The molecule has 0 radical (unpaired) electrons. The molecule has 3 heterocycles. The highest BCUT2D eigenvalue weighted by molar-refractivity contribution is 14.1. The first-order valence-corrected chi connectivity index (χ1v) is 18.2. The largest absolute Gasteiger partial charge is 0.497 e. The van der Waals surface area contributed by atoms with Gasteiger partial charge in [0.15, 0.2) is 5.60 Å². The van der Waals surface area contributed by atoms with Crippen molar-refractivity contribution in [3.63, 3.8) is 0 Å². The van der Waals surface area contributed by atoms with Crippen LogP contribution in [0, 0.1) is 9.49 Å². The highest BCUT2D eigenvalue weighted by Crippen LogP contribution is 2.60. The van der Waals surface area contributed by atoms with Gasteiger partial charge in [0, 0.05) is 28.1 Å².